The van der Waals surface area contributed by atoms with Crippen LogP contribution >= 0.6 is 0 Å². The summed E-state index contributed by atoms with van der Waals surface area (Å²) < 4.78 is 0. The van der Waals surface area contributed by atoms with Crippen LogP contribution in [0.25, 0.3) is 0 Å². The van der Waals surface area contributed by atoms with E-state index >= 15 is 0 Å². The van der Waals surface area contributed by atoms with Crippen LogP contribution in [0.1, 0.15) is 18.5 Å². The molecule has 1 aromatic heterocycles. The van der Waals surface area contributed by atoms with E-state index in [0.717, 1.165) is 17.1 Å². The quantitative estimate of drug-likeness (QED) is 0.884. The molecule has 0 bridgehead atoms. The zero-order valence-electron chi connectivity index (χ0n) is 11.5. The summed E-state index contributed by atoms with van der Waals surface area (Å²) in [5, 5.41) is 12.9. The maximum absolute atomic E-state index is 9.52. The molecule has 0 radical (unpaired) electrons. The Bertz CT molecular complexity index is 555. The molecule has 1 atom stereocenters. The molecule has 1 aromatic carbocycles. The topological polar surface area (TPSA) is 48.4 Å². The lowest BCUT2D eigenvalue weighted by Crippen LogP contribution is -2.15. The number of hydrogen-bond acceptors (Lipinski definition) is 4. The third-order valence-corrected chi connectivity index (χ3v) is 2.95. The molecule has 0 aliphatic heterocycles. The van der Waals surface area contributed by atoms with Crippen molar-refractivity contribution in [2.75, 3.05) is 24.3 Å². The Morgan fingerprint density at radius 1 is 1.21 bits per heavy atom. The summed E-state index contributed by atoms with van der Waals surface area (Å²) >= 11 is 0. The van der Waals surface area contributed by atoms with Crippen LogP contribution in [0.4, 0.5) is 11.5 Å². The molecule has 19 heavy (non-hydrogen) atoms. The zero-order chi connectivity index (χ0) is 13.8. The van der Waals surface area contributed by atoms with Crippen molar-refractivity contribution in [2.24, 2.45) is 0 Å². The second-order valence-corrected chi connectivity index (χ2v) is 4.73. The number of phenolic OH excluding ortho intramolecular Hbond substituents is 1. The van der Waals surface area contributed by atoms with Gasteiger partial charge in [-0.3, -0.25) is 0 Å². The number of anilines is 2. The van der Waals surface area contributed by atoms with Gasteiger partial charge in [-0.15, -0.1) is 0 Å². The third-order valence-electron chi connectivity index (χ3n) is 2.95. The first-order valence-corrected chi connectivity index (χ1v) is 6.25. The van der Waals surface area contributed by atoms with E-state index in [1.807, 2.05) is 43.3 Å². The number of benzene rings is 1. The maximum atomic E-state index is 9.52. The van der Waals surface area contributed by atoms with Crippen LogP contribution in [0.5, 0.6) is 5.75 Å². The number of nitrogens with zero attached hydrogens (tertiary/aromatic N) is 2. The number of aromatic hydroxyl groups is 1. The zero-order valence-corrected chi connectivity index (χ0v) is 11.5. The van der Waals surface area contributed by atoms with Gasteiger partial charge in [-0.05, 0) is 36.8 Å². The Morgan fingerprint density at radius 2 is 2.00 bits per heavy atom. The Kier molecular flexibility index (Phi) is 3.90. The van der Waals surface area contributed by atoms with Gasteiger partial charge in [-0.2, -0.15) is 0 Å². The van der Waals surface area contributed by atoms with E-state index in [9.17, 15) is 5.11 Å². The highest BCUT2D eigenvalue weighted by atomic mass is 16.3. The molecule has 1 heterocycles. The predicted octanol–water partition coefficient (Wildman–Crippen LogP) is 3.03. The number of pyridine rings is 1. The van der Waals surface area contributed by atoms with E-state index in [0.29, 0.717) is 0 Å². The lowest BCUT2D eigenvalue weighted by atomic mass is 10.1. The molecule has 2 aromatic rings. The van der Waals surface area contributed by atoms with E-state index in [1.165, 1.54) is 0 Å². The van der Waals surface area contributed by atoms with E-state index in [2.05, 4.69) is 17.2 Å². The molecule has 100 valence electrons. The fourth-order valence-corrected chi connectivity index (χ4v) is 1.98. The Hall–Kier alpha value is -2.23. The normalized spacial score (nSPS) is 11.9. The Balaban J connectivity index is 2.22. The van der Waals surface area contributed by atoms with Gasteiger partial charge in [-0.25, -0.2) is 4.98 Å². The van der Waals surface area contributed by atoms with Crippen molar-refractivity contribution in [3.63, 3.8) is 0 Å². The molecule has 0 saturated heterocycles. The summed E-state index contributed by atoms with van der Waals surface area (Å²) in [7, 11) is 3.93. The standard InChI is InChI=1S/C15H19N3O/c1-11(12-6-4-7-13(19)10-12)17-14-8-5-9-16-15(14)18(2)3/h4-11,17,19H,1-3H3. The van der Waals surface area contributed by atoms with Gasteiger partial charge in [0, 0.05) is 26.3 Å². The second kappa shape index (κ2) is 5.61. The smallest absolute Gasteiger partial charge is 0.151 e. The number of phenols is 1. The number of hydrogen-bond donors (Lipinski definition) is 2. The molecule has 2 N–H and O–H groups in total. The first-order valence-electron chi connectivity index (χ1n) is 6.25. The van der Waals surface area contributed by atoms with Crippen LogP contribution in [0.2, 0.25) is 0 Å². The van der Waals surface area contributed by atoms with E-state index < -0.39 is 0 Å². The summed E-state index contributed by atoms with van der Waals surface area (Å²) in [5.41, 5.74) is 2.01. The summed E-state index contributed by atoms with van der Waals surface area (Å²) in [6.07, 6.45) is 1.78. The maximum Gasteiger partial charge on any atom is 0.151 e. The SMILES string of the molecule is CC(Nc1cccnc1N(C)C)c1cccc(O)c1. The third kappa shape index (κ3) is 3.16. The van der Waals surface area contributed by atoms with Gasteiger partial charge in [0.1, 0.15) is 5.75 Å². The van der Waals surface area contributed by atoms with Crippen molar-refractivity contribution in [3.8, 4) is 5.75 Å². The monoisotopic (exact) mass is 257 g/mol. The molecule has 0 fully saturated rings. The first kappa shape index (κ1) is 13.2. The molecule has 4 heteroatoms. The number of rotatable bonds is 4. The minimum atomic E-state index is 0.0926. The molecule has 4 nitrogen and oxygen atoms in total. The molecular formula is C15H19N3O. The van der Waals surface area contributed by atoms with Crippen molar-refractivity contribution in [1.29, 1.82) is 0 Å². The average Bonchev–Trinajstić information content (AvgIpc) is 2.39. The van der Waals surface area contributed by atoms with Crippen LogP contribution in [0.3, 0.4) is 0 Å². The van der Waals surface area contributed by atoms with Crippen molar-refractivity contribution < 1.29 is 5.11 Å². The molecule has 2 rings (SSSR count). The van der Waals surface area contributed by atoms with Gasteiger partial charge in [-0.1, -0.05) is 12.1 Å². The van der Waals surface area contributed by atoms with Crippen molar-refractivity contribution >= 4 is 11.5 Å². The molecule has 1 unspecified atom stereocenters. The molecule has 0 aliphatic carbocycles. The number of nitrogens with one attached hydrogen (secondary N) is 1. The molecule has 0 aliphatic rings. The minimum Gasteiger partial charge on any atom is -0.508 e. The van der Waals surface area contributed by atoms with Crippen LogP contribution in [-0.2, 0) is 0 Å². The first-order chi connectivity index (χ1) is 9.08. The molecule has 0 saturated carbocycles. The highest BCUT2D eigenvalue weighted by molar-refractivity contribution is 5.65. The van der Waals surface area contributed by atoms with E-state index in [-0.39, 0.29) is 11.8 Å². The minimum absolute atomic E-state index is 0.0926. The van der Waals surface area contributed by atoms with Crippen molar-refractivity contribution in [1.82, 2.24) is 4.98 Å². The average molecular weight is 257 g/mol. The highest BCUT2D eigenvalue weighted by Gasteiger charge is 2.10. The van der Waals surface area contributed by atoms with Gasteiger partial charge < -0.3 is 15.3 Å². The highest BCUT2D eigenvalue weighted by Crippen LogP contribution is 2.26. The van der Waals surface area contributed by atoms with Crippen LogP contribution in [0.15, 0.2) is 42.6 Å². The van der Waals surface area contributed by atoms with Crippen LogP contribution in [-0.4, -0.2) is 24.2 Å². The van der Waals surface area contributed by atoms with Gasteiger partial charge in [0.25, 0.3) is 0 Å². The fraction of sp³-hybridized carbons (Fsp3) is 0.267. The summed E-state index contributed by atoms with van der Waals surface area (Å²) in [6.45, 7) is 2.06. The summed E-state index contributed by atoms with van der Waals surface area (Å²) in [4.78, 5) is 6.33. The van der Waals surface area contributed by atoms with Gasteiger partial charge >= 0.3 is 0 Å². The van der Waals surface area contributed by atoms with E-state index in [1.54, 1.807) is 18.3 Å². The molecule has 0 amide bonds. The van der Waals surface area contributed by atoms with Crippen LogP contribution in [0, 0.1) is 0 Å². The van der Waals surface area contributed by atoms with Crippen molar-refractivity contribution in [3.05, 3.63) is 48.2 Å². The molecular weight excluding hydrogens is 238 g/mol. The predicted molar refractivity (Wildman–Crippen MR) is 78.7 cm³/mol. The lowest BCUT2D eigenvalue weighted by molar-refractivity contribution is 0.474. The summed E-state index contributed by atoms with van der Waals surface area (Å²) in [5.74, 6) is 1.18. The second-order valence-electron chi connectivity index (χ2n) is 4.73. The van der Waals surface area contributed by atoms with Crippen molar-refractivity contribution in [2.45, 2.75) is 13.0 Å². The van der Waals surface area contributed by atoms with E-state index in [4.69, 9.17) is 0 Å². The largest absolute Gasteiger partial charge is 0.508 e. The Labute approximate surface area is 113 Å². The van der Waals surface area contributed by atoms with Gasteiger partial charge in [0.05, 0.1) is 5.69 Å². The fourth-order valence-electron chi connectivity index (χ4n) is 1.98. The molecule has 0 spiro atoms. The van der Waals surface area contributed by atoms with Crippen LogP contribution < -0.4 is 10.2 Å². The Morgan fingerprint density at radius 3 is 2.68 bits per heavy atom. The van der Waals surface area contributed by atoms with Gasteiger partial charge in [0.2, 0.25) is 0 Å². The number of aromatic nitrogens is 1. The summed E-state index contributed by atoms with van der Waals surface area (Å²) in [6, 6.07) is 11.3. The lowest BCUT2D eigenvalue weighted by Gasteiger charge is -2.21. The van der Waals surface area contributed by atoms with Gasteiger partial charge in [0.15, 0.2) is 5.82 Å².